The van der Waals surface area contributed by atoms with Gasteiger partial charge in [0.15, 0.2) is 5.79 Å². The normalized spacial score (nSPS) is 51.7. The van der Waals surface area contributed by atoms with Crippen molar-refractivity contribution in [1.29, 1.82) is 0 Å². The summed E-state index contributed by atoms with van der Waals surface area (Å²) in [6, 6.07) is 0. The summed E-state index contributed by atoms with van der Waals surface area (Å²) in [6.07, 6.45) is 8.72. The van der Waals surface area contributed by atoms with Gasteiger partial charge in [-0.25, -0.2) is 0 Å². The van der Waals surface area contributed by atoms with Crippen LogP contribution in [-0.2, 0) is 4.79 Å². The van der Waals surface area contributed by atoms with Gasteiger partial charge in [0.25, 0.3) is 0 Å². The quantitative estimate of drug-likeness (QED) is 0.288. The van der Waals surface area contributed by atoms with Gasteiger partial charge in [0.2, 0.25) is 0 Å². The Morgan fingerprint density at radius 2 is 1.51 bits per heavy atom. The van der Waals surface area contributed by atoms with Gasteiger partial charge in [-0.05, 0) is 97.2 Å². The van der Waals surface area contributed by atoms with Gasteiger partial charge in [-0.1, -0.05) is 60.1 Å². The summed E-state index contributed by atoms with van der Waals surface area (Å²) < 4.78 is 0. The first-order valence-electron chi connectivity index (χ1n) is 14.0. The number of hydrogen-bond donors (Lipinski definition) is 4. The molecule has 0 radical (unpaired) electrons. The van der Waals surface area contributed by atoms with Crippen LogP contribution in [0.4, 0.5) is 0 Å². The van der Waals surface area contributed by atoms with E-state index in [1.165, 1.54) is 5.57 Å². The molecule has 0 amide bonds. The highest BCUT2D eigenvalue weighted by Gasteiger charge is 2.72. The van der Waals surface area contributed by atoms with Gasteiger partial charge in [0.05, 0.1) is 5.41 Å². The highest BCUT2D eigenvalue weighted by Crippen LogP contribution is 2.76. The summed E-state index contributed by atoms with van der Waals surface area (Å²) in [6.45, 7) is 15.6. The summed E-state index contributed by atoms with van der Waals surface area (Å²) in [7, 11) is 0. The first-order valence-corrected chi connectivity index (χ1v) is 14.0. The molecule has 5 aliphatic carbocycles. The van der Waals surface area contributed by atoms with Crippen molar-refractivity contribution in [1.82, 2.24) is 0 Å². The van der Waals surface area contributed by atoms with E-state index in [0.29, 0.717) is 12.3 Å². The van der Waals surface area contributed by atoms with Crippen molar-refractivity contribution in [2.24, 2.45) is 50.2 Å². The second-order valence-electron chi connectivity index (χ2n) is 15.3. The largest absolute Gasteiger partial charge is 0.481 e. The zero-order valence-corrected chi connectivity index (χ0v) is 22.9. The average molecular weight is 489 g/mol. The predicted octanol–water partition coefficient (Wildman–Crippen LogP) is 5.52. The Balaban J connectivity index is 1.61. The zero-order valence-electron chi connectivity index (χ0n) is 22.9. The topological polar surface area (TPSA) is 98.0 Å². The number of carbonyl (C=O) groups is 1. The van der Waals surface area contributed by atoms with Crippen LogP contribution in [0.15, 0.2) is 11.6 Å². The Labute approximate surface area is 211 Å². The Kier molecular flexibility index (Phi) is 5.25. The number of aliphatic hydroxyl groups excluding tert-OH is 1. The molecule has 5 aliphatic rings. The van der Waals surface area contributed by atoms with Crippen LogP contribution in [0.3, 0.4) is 0 Å². The fraction of sp³-hybridized carbons (Fsp3) is 0.900. The third-order valence-electron chi connectivity index (χ3n) is 13.2. The summed E-state index contributed by atoms with van der Waals surface area (Å²) in [5, 5.41) is 43.3. The number of aliphatic hydroxyl groups is 3. The summed E-state index contributed by atoms with van der Waals surface area (Å²) in [5.41, 5.74) is -0.228. The third-order valence-corrected chi connectivity index (χ3v) is 13.2. The van der Waals surface area contributed by atoms with Gasteiger partial charge in [-0.2, -0.15) is 0 Å². The number of hydrogen-bond acceptors (Lipinski definition) is 4. The fourth-order valence-electron chi connectivity index (χ4n) is 10.7. The van der Waals surface area contributed by atoms with Crippen molar-refractivity contribution in [2.45, 2.75) is 118 Å². The Morgan fingerprint density at radius 1 is 0.886 bits per heavy atom. The second-order valence-corrected chi connectivity index (χ2v) is 15.3. The van der Waals surface area contributed by atoms with Crippen LogP contribution in [0.1, 0.15) is 106 Å². The van der Waals surface area contributed by atoms with Crippen molar-refractivity contribution in [2.75, 3.05) is 0 Å². The van der Waals surface area contributed by atoms with E-state index < -0.39 is 28.7 Å². The number of carboxylic acid groups (broad SMARTS) is 1. The van der Waals surface area contributed by atoms with Crippen LogP contribution in [0.25, 0.3) is 0 Å². The van der Waals surface area contributed by atoms with Crippen molar-refractivity contribution in [3.05, 3.63) is 11.6 Å². The Morgan fingerprint density at radius 3 is 2.14 bits per heavy atom. The zero-order chi connectivity index (χ0) is 26.0. The number of allylic oxidation sites excluding steroid dienone is 2. The molecule has 4 N–H and O–H groups in total. The highest BCUT2D eigenvalue weighted by atomic mass is 16.5. The van der Waals surface area contributed by atoms with E-state index in [0.717, 1.165) is 51.4 Å². The molecule has 0 aromatic rings. The van der Waals surface area contributed by atoms with E-state index >= 15 is 0 Å². The molecule has 4 fully saturated rings. The lowest BCUT2D eigenvalue weighted by molar-refractivity contribution is -0.351. The van der Waals surface area contributed by atoms with E-state index in [9.17, 15) is 25.2 Å². The molecule has 5 nitrogen and oxygen atoms in total. The first-order chi connectivity index (χ1) is 15.9. The van der Waals surface area contributed by atoms with E-state index in [-0.39, 0.29) is 33.5 Å². The summed E-state index contributed by atoms with van der Waals surface area (Å²) in [4.78, 5) is 12.8. The smallest absolute Gasteiger partial charge is 0.310 e. The first kappa shape index (κ1) is 25.7. The van der Waals surface area contributed by atoms with E-state index in [1.807, 2.05) is 13.8 Å². The minimum absolute atomic E-state index is 0.0186. The van der Waals surface area contributed by atoms with Crippen molar-refractivity contribution < 1.29 is 25.2 Å². The molecule has 8 atom stereocenters. The van der Waals surface area contributed by atoms with Crippen molar-refractivity contribution >= 4 is 5.97 Å². The van der Waals surface area contributed by atoms with Gasteiger partial charge in [0, 0.05) is 5.41 Å². The standard InChI is InChI=1S/C30H48O5/c1-24(2)12-14-29(23(32)33)15-13-27(6)18(19(29)16-24)8-9-21-26(5)17-22(31)30(34,35)25(3,4)20(26)10-11-28(21,27)7/h8,19-22,31,34-35H,9-17H2,1-7H3,(H,32,33)/t19-,20?,21+,22+,26-,27+,28+,29-/m0/s1. The maximum atomic E-state index is 12.8. The molecule has 4 saturated carbocycles. The molecule has 198 valence electrons. The van der Waals surface area contributed by atoms with Crippen LogP contribution in [0.2, 0.25) is 0 Å². The number of carboxylic acids is 1. The summed E-state index contributed by atoms with van der Waals surface area (Å²) in [5.74, 6) is -2.21. The molecule has 0 bridgehead atoms. The third kappa shape index (κ3) is 2.95. The molecule has 0 heterocycles. The monoisotopic (exact) mass is 488 g/mol. The van der Waals surface area contributed by atoms with Crippen LogP contribution in [-0.4, -0.2) is 38.3 Å². The predicted molar refractivity (Wildman–Crippen MR) is 135 cm³/mol. The SMILES string of the molecule is CC1(C)CC[C@]2(C(=O)O)CC[C@]3(C)C(=CC[C@@H]4[C@@]5(C)C[C@@H](O)C(O)(O)C(C)(C)C5CC[C@]43C)[C@@H]2C1. The maximum Gasteiger partial charge on any atom is 0.310 e. The van der Waals surface area contributed by atoms with Crippen LogP contribution < -0.4 is 0 Å². The number of rotatable bonds is 1. The fourth-order valence-corrected chi connectivity index (χ4v) is 10.7. The molecule has 0 aromatic carbocycles. The molecule has 35 heavy (non-hydrogen) atoms. The van der Waals surface area contributed by atoms with Gasteiger partial charge < -0.3 is 20.4 Å². The van der Waals surface area contributed by atoms with Gasteiger partial charge in [0.1, 0.15) is 6.10 Å². The Bertz CT molecular complexity index is 964. The van der Waals surface area contributed by atoms with Crippen LogP contribution in [0.5, 0.6) is 0 Å². The molecule has 0 saturated heterocycles. The molecule has 0 aromatic heterocycles. The lowest BCUT2D eigenvalue weighted by Gasteiger charge is -2.72. The summed E-state index contributed by atoms with van der Waals surface area (Å²) >= 11 is 0. The van der Waals surface area contributed by atoms with Crippen LogP contribution >= 0.6 is 0 Å². The Hall–Kier alpha value is -0.910. The minimum atomic E-state index is -2.09. The molecule has 0 spiro atoms. The molecule has 1 unspecified atom stereocenters. The molecule has 0 aliphatic heterocycles. The second kappa shape index (κ2) is 7.14. The number of fused-ring (bicyclic) bond motifs is 7. The van der Waals surface area contributed by atoms with Crippen molar-refractivity contribution in [3.63, 3.8) is 0 Å². The van der Waals surface area contributed by atoms with E-state index in [4.69, 9.17) is 0 Å². The molecule has 5 rings (SSSR count). The van der Waals surface area contributed by atoms with Crippen LogP contribution in [0, 0.1) is 50.2 Å². The average Bonchev–Trinajstić information content (AvgIpc) is 2.72. The van der Waals surface area contributed by atoms with E-state index in [1.54, 1.807) is 0 Å². The number of aliphatic carboxylic acids is 1. The van der Waals surface area contributed by atoms with Gasteiger partial charge in [-0.15, -0.1) is 0 Å². The molecule has 5 heteroatoms. The minimum Gasteiger partial charge on any atom is -0.481 e. The van der Waals surface area contributed by atoms with E-state index in [2.05, 4.69) is 40.7 Å². The van der Waals surface area contributed by atoms with Gasteiger partial charge in [-0.3, -0.25) is 4.79 Å². The molecular weight excluding hydrogens is 440 g/mol. The van der Waals surface area contributed by atoms with Crippen molar-refractivity contribution in [3.8, 4) is 0 Å². The van der Waals surface area contributed by atoms with Gasteiger partial charge >= 0.3 is 5.97 Å². The lowest BCUT2D eigenvalue weighted by atomic mass is 9.33. The molecular formula is C30H48O5. The highest BCUT2D eigenvalue weighted by molar-refractivity contribution is 5.76. The maximum absolute atomic E-state index is 12.8. The lowest BCUT2D eigenvalue weighted by Crippen LogP contribution is -2.70.